The van der Waals surface area contributed by atoms with Crippen molar-refractivity contribution in [2.24, 2.45) is 5.92 Å². The minimum absolute atomic E-state index is 0.168. The van der Waals surface area contributed by atoms with Crippen LogP contribution in [0.5, 0.6) is 11.5 Å². The van der Waals surface area contributed by atoms with Gasteiger partial charge in [0.15, 0.2) is 11.6 Å². The van der Waals surface area contributed by atoms with Crippen molar-refractivity contribution in [3.63, 3.8) is 0 Å². The molecular weight excluding hydrogens is 444 g/mol. The molecule has 0 unspecified atom stereocenters. The Bertz CT molecular complexity index is 1140. The molecule has 0 bridgehead atoms. The number of morpholine rings is 1. The molecular formula is C26H34N6O3. The minimum Gasteiger partial charge on any atom is -0.491 e. The average molecular weight is 479 g/mol. The molecule has 1 saturated heterocycles. The summed E-state index contributed by atoms with van der Waals surface area (Å²) in [5, 5.41) is 0. The number of methoxy groups -OCH3 is 1. The molecule has 1 saturated carbocycles. The first-order valence-electron chi connectivity index (χ1n) is 12.4. The maximum atomic E-state index is 6.58. The molecule has 0 amide bonds. The molecule has 0 radical (unpaired) electrons. The summed E-state index contributed by atoms with van der Waals surface area (Å²) in [7, 11) is 5.64. The van der Waals surface area contributed by atoms with Crippen molar-refractivity contribution in [2.45, 2.75) is 38.2 Å². The number of benzene rings is 1. The van der Waals surface area contributed by atoms with E-state index >= 15 is 0 Å². The second-order valence-electron chi connectivity index (χ2n) is 9.50. The highest BCUT2D eigenvalue weighted by atomic mass is 16.5. The molecule has 0 N–H and O–H groups in total. The van der Waals surface area contributed by atoms with Crippen LogP contribution in [0.4, 0.5) is 11.5 Å². The lowest BCUT2D eigenvalue weighted by molar-refractivity contribution is 0.122. The first-order valence-corrected chi connectivity index (χ1v) is 12.4. The Hall–Kier alpha value is -3.20. The van der Waals surface area contributed by atoms with Crippen LogP contribution in [0, 0.1) is 5.92 Å². The van der Waals surface area contributed by atoms with Gasteiger partial charge in [0.1, 0.15) is 17.6 Å². The number of anilines is 2. The third-order valence-electron chi connectivity index (χ3n) is 6.96. The Kier molecular flexibility index (Phi) is 7.13. The van der Waals surface area contributed by atoms with Crippen LogP contribution < -0.4 is 19.3 Å². The fourth-order valence-corrected chi connectivity index (χ4v) is 5.10. The molecule has 1 aliphatic carbocycles. The van der Waals surface area contributed by atoms with Gasteiger partial charge in [0.25, 0.3) is 0 Å². The second kappa shape index (κ2) is 10.6. The average Bonchev–Trinajstić information content (AvgIpc) is 2.90. The van der Waals surface area contributed by atoms with Crippen LogP contribution in [-0.2, 0) is 11.2 Å². The quantitative estimate of drug-likeness (QED) is 0.506. The fraction of sp³-hybridized carbons (Fsp3) is 0.538. The second-order valence-corrected chi connectivity index (χ2v) is 9.50. The van der Waals surface area contributed by atoms with Crippen LogP contribution in [0.15, 0.2) is 30.9 Å². The number of rotatable bonds is 7. The van der Waals surface area contributed by atoms with Gasteiger partial charge in [0.05, 0.1) is 37.6 Å². The van der Waals surface area contributed by atoms with E-state index < -0.39 is 0 Å². The van der Waals surface area contributed by atoms with E-state index in [9.17, 15) is 0 Å². The van der Waals surface area contributed by atoms with Crippen LogP contribution in [0.2, 0.25) is 0 Å². The molecule has 0 atom stereocenters. The lowest BCUT2D eigenvalue weighted by atomic mass is 9.84. The van der Waals surface area contributed by atoms with Gasteiger partial charge >= 0.3 is 0 Å². The van der Waals surface area contributed by atoms with Gasteiger partial charge in [0.2, 0.25) is 0 Å². The van der Waals surface area contributed by atoms with Crippen LogP contribution in [0.25, 0.3) is 11.0 Å². The number of hydrogen-bond acceptors (Lipinski definition) is 9. The highest BCUT2D eigenvalue weighted by Gasteiger charge is 2.26. The van der Waals surface area contributed by atoms with Gasteiger partial charge in [0, 0.05) is 51.3 Å². The van der Waals surface area contributed by atoms with Crippen molar-refractivity contribution in [1.29, 1.82) is 0 Å². The third-order valence-corrected chi connectivity index (χ3v) is 6.96. The van der Waals surface area contributed by atoms with Gasteiger partial charge in [-0.1, -0.05) is 0 Å². The first kappa shape index (κ1) is 23.5. The van der Waals surface area contributed by atoms with Crippen molar-refractivity contribution in [1.82, 2.24) is 19.9 Å². The topological polar surface area (TPSA) is 85.7 Å². The summed E-state index contributed by atoms with van der Waals surface area (Å²) in [6, 6.07) is 4.23. The number of hydrogen-bond donors (Lipinski definition) is 0. The summed E-state index contributed by atoms with van der Waals surface area (Å²) < 4.78 is 17.8. The summed E-state index contributed by atoms with van der Waals surface area (Å²) >= 11 is 0. The molecule has 35 heavy (non-hydrogen) atoms. The van der Waals surface area contributed by atoms with E-state index in [1.165, 1.54) is 0 Å². The first-order chi connectivity index (χ1) is 17.1. The highest BCUT2D eigenvalue weighted by Crippen LogP contribution is 2.36. The number of fused-ring (bicyclic) bond motifs is 1. The SMILES string of the molecule is COc1c(CC2CCC(Oc3cc(N4CCOCC4)cc4nccnc34)CC2)ncnc1N(C)C. The van der Waals surface area contributed by atoms with Gasteiger partial charge in [-0.15, -0.1) is 0 Å². The Balaban J connectivity index is 1.27. The Labute approximate surface area is 206 Å². The summed E-state index contributed by atoms with van der Waals surface area (Å²) in [5.41, 5.74) is 3.80. The molecule has 9 heteroatoms. The Morgan fingerprint density at radius 2 is 1.77 bits per heavy atom. The Morgan fingerprint density at radius 1 is 1.00 bits per heavy atom. The van der Waals surface area contributed by atoms with Crippen LogP contribution in [0.1, 0.15) is 31.4 Å². The molecule has 2 aromatic heterocycles. The lowest BCUT2D eigenvalue weighted by Gasteiger charge is -2.31. The summed E-state index contributed by atoms with van der Waals surface area (Å²) in [5.74, 6) is 2.97. The van der Waals surface area contributed by atoms with E-state index in [-0.39, 0.29) is 6.10 Å². The predicted molar refractivity (Wildman–Crippen MR) is 136 cm³/mol. The Morgan fingerprint density at radius 3 is 2.51 bits per heavy atom. The van der Waals surface area contributed by atoms with Crippen molar-refractivity contribution >= 4 is 22.5 Å². The smallest absolute Gasteiger partial charge is 0.182 e. The highest BCUT2D eigenvalue weighted by molar-refractivity contribution is 5.85. The molecule has 1 aromatic carbocycles. The zero-order valence-corrected chi connectivity index (χ0v) is 20.8. The van der Waals surface area contributed by atoms with Crippen LogP contribution in [-0.4, -0.2) is 73.5 Å². The summed E-state index contributed by atoms with van der Waals surface area (Å²) in [6.45, 7) is 3.23. The monoisotopic (exact) mass is 478 g/mol. The zero-order valence-electron chi connectivity index (χ0n) is 20.8. The molecule has 2 fully saturated rings. The molecule has 1 aliphatic heterocycles. The molecule has 0 spiro atoms. The van der Waals surface area contributed by atoms with Gasteiger partial charge in [-0.2, -0.15) is 0 Å². The number of aromatic nitrogens is 4. The van der Waals surface area contributed by atoms with E-state index in [0.29, 0.717) is 5.92 Å². The van der Waals surface area contributed by atoms with E-state index in [4.69, 9.17) is 14.2 Å². The molecule has 9 nitrogen and oxygen atoms in total. The summed E-state index contributed by atoms with van der Waals surface area (Å²) in [6.07, 6.45) is 10.3. The van der Waals surface area contributed by atoms with E-state index in [2.05, 4.69) is 37.0 Å². The molecule has 5 rings (SSSR count). The van der Waals surface area contributed by atoms with E-state index in [1.807, 2.05) is 19.0 Å². The van der Waals surface area contributed by atoms with Crippen LogP contribution >= 0.6 is 0 Å². The van der Waals surface area contributed by atoms with Crippen molar-refractivity contribution < 1.29 is 14.2 Å². The molecule has 2 aliphatic rings. The van der Waals surface area contributed by atoms with Gasteiger partial charge < -0.3 is 24.0 Å². The van der Waals surface area contributed by atoms with E-state index in [1.54, 1.807) is 25.8 Å². The standard InChI is InChI=1S/C26H34N6O3/c1-31(2)26-25(33-3)22(29-17-30-26)14-18-4-6-20(7-5-18)35-23-16-19(32-10-12-34-13-11-32)15-21-24(23)28-9-8-27-21/h8-9,15-18,20H,4-7,10-14H2,1-3H3. The van der Waals surface area contributed by atoms with Crippen LogP contribution in [0.3, 0.4) is 0 Å². The maximum absolute atomic E-state index is 6.58. The minimum atomic E-state index is 0.168. The van der Waals surface area contributed by atoms with Crippen molar-refractivity contribution in [3.05, 3.63) is 36.5 Å². The molecule has 186 valence electrons. The molecule has 3 heterocycles. The lowest BCUT2D eigenvalue weighted by Crippen LogP contribution is -2.36. The largest absolute Gasteiger partial charge is 0.491 e. The van der Waals surface area contributed by atoms with E-state index in [0.717, 1.165) is 98.1 Å². The zero-order chi connectivity index (χ0) is 24.2. The summed E-state index contributed by atoms with van der Waals surface area (Å²) in [4.78, 5) is 22.4. The molecule has 3 aromatic rings. The van der Waals surface area contributed by atoms with Gasteiger partial charge in [-0.05, 0) is 44.1 Å². The van der Waals surface area contributed by atoms with Gasteiger partial charge in [-0.25, -0.2) is 15.0 Å². The predicted octanol–water partition coefficient (Wildman–Crippen LogP) is 3.51. The van der Waals surface area contributed by atoms with Crippen molar-refractivity contribution in [3.8, 4) is 11.5 Å². The normalized spacial score (nSPS) is 20.6. The number of ether oxygens (including phenoxy) is 3. The fourth-order valence-electron chi connectivity index (χ4n) is 5.10. The maximum Gasteiger partial charge on any atom is 0.182 e. The third kappa shape index (κ3) is 5.24. The van der Waals surface area contributed by atoms with Crippen molar-refractivity contribution in [2.75, 3.05) is 57.3 Å². The van der Waals surface area contributed by atoms with Gasteiger partial charge in [-0.3, -0.25) is 4.98 Å². The number of nitrogens with zero attached hydrogens (tertiary/aromatic N) is 6.